The Morgan fingerprint density at radius 3 is 2.84 bits per heavy atom. The van der Waals surface area contributed by atoms with Crippen LogP contribution in [-0.4, -0.2) is 16.1 Å². The van der Waals surface area contributed by atoms with E-state index in [2.05, 4.69) is 54.0 Å². The van der Waals surface area contributed by atoms with Gasteiger partial charge < -0.3 is 9.88 Å². The molecule has 2 heterocycles. The third-order valence-electron chi connectivity index (χ3n) is 3.21. The molecule has 2 aromatic rings. The number of hydrogen-bond donors (Lipinski definition) is 1. The van der Waals surface area contributed by atoms with Crippen molar-refractivity contribution in [3.05, 3.63) is 40.1 Å². The van der Waals surface area contributed by atoms with Gasteiger partial charge in [0.25, 0.3) is 0 Å². The molecule has 19 heavy (non-hydrogen) atoms. The van der Waals surface area contributed by atoms with Crippen LogP contribution in [0.5, 0.6) is 0 Å². The zero-order chi connectivity index (χ0) is 13.7. The van der Waals surface area contributed by atoms with Crippen LogP contribution < -0.4 is 5.32 Å². The first-order chi connectivity index (χ1) is 9.24. The third kappa shape index (κ3) is 3.67. The maximum absolute atomic E-state index is 4.52. The molecule has 0 aliphatic carbocycles. The smallest absolute Gasteiger partial charge is 0.110 e. The molecule has 0 saturated carbocycles. The van der Waals surface area contributed by atoms with Gasteiger partial charge in [0.2, 0.25) is 0 Å². The van der Waals surface area contributed by atoms with Gasteiger partial charge in [-0.1, -0.05) is 13.8 Å². The molecule has 2 aromatic heterocycles. The van der Waals surface area contributed by atoms with Gasteiger partial charge in [-0.2, -0.15) is 0 Å². The molecule has 0 aliphatic heterocycles. The monoisotopic (exact) mass is 277 g/mol. The van der Waals surface area contributed by atoms with Crippen LogP contribution in [0.2, 0.25) is 0 Å². The molecule has 0 bridgehead atoms. The quantitative estimate of drug-likeness (QED) is 0.838. The van der Waals surface area contributed by atoms with Crippen LogP contribution in [0, 0.1) is 6.92 Å². The lowest BCUT2D eigenvalue weighted by atomic mass is 10.1. The number of nitrogens with zero attached hydrogens (tertiary/aromatic N) is 2. The lowest BCUT2D eigenvalue weighted by Gasteiger charge is -2.17. The largest absolute Gasteiger partial charge is 0.335 e. The van der Waals surface area contributed by atoms with Crippen molar-refractivity contribution in [3.8, 4) is 0 Å². The summed E-state index contributed by atoms with van der Waals surface area (Å²) in [7, 11) is 0. The minimum Gasteiger partial charge on any atom is -0.335 e. The number of hydrogen-bond acceptors (Lipinski definition) is 3. The second-order valence-corrected chi connectivity index (χ2v) is 6.12. The molecule has 2 rings (SSSR count). The Kier molecular flexibility index (Phi) is 5.16. The summed E-state index contributed by atoms with van der Waals surface area (Å²) in [6.45, 7) is 8.56. The SMILES string of the molecule is CCCn1ccnc1CC(NCC)c1ccc(C)s1. The molecule has 0 aliphatic rings. The van der Waals surface area contributed by atoms with E-state index in [0.29, 0.717) is 6.04 Å². The molecule has 0 saturated heterocycles. The van der Waals surface area contributed by atoms with Gasteiger partial charge in [-0.3, -0.25) is 0 Å². The van der Waals surface area contributed by atoms with Crippen molar-refractivity contribution in [1.29, 1.82) is 0 Å². The van der Waals surface area contributed by atoms with Crippen molar-refractivity contribution in [2.24, 2.45) is 0 Å². The number of nitrogens with one attached hydrogen (secondary N) is 1. The van der Waals surface area contributed by atoms with E-state index in [1.807, 2.05) is 17.5 Å². The minimum absolute atomic E-state index is 0.377. The molecule has 0 amide bonds. The van der Waals surface area contributed by atoms with Crippen LogP contribution >= 0.6 is 11.3 Å². The van der Waals surface area contributed by atoms with Gasteiger partial charge in [0, 0.05) is 41.2 Å². The Bertz CT molecular complexity index is 501. The topological polar surface area (TPSA) is 29.9 Å². The first kappa shape index (κ1) is 14.3. The van der Waals surface area contributed by atoms with Crippen LogP contribution in [0.4, 0.5) is 0 Å². The number of likely N-dealkylation sites (N-methyl/N-ethyl adjacent to an activating group) is 1. The lowest BCUT2D eigenvalue weighted by Crippen LogP contribution is -2.23. The number of thiophene rings is 1. The highest BCUT2D eigenvalue weighted by atomic mass is 32.1. The molecule has 104 valence electrons. The highest BCUT2D eigenvalue weighted by Gasteiger charge is 2.15. The number of imidazole rings is 1. The lowest BCUT2D eigenvalue weighted by molar-refractivity contribution is 0.522. The van der Waals surface area contributed by atoms with Crippen LogP contribution in [0.25, 0.3) is 0 Å². The fraction of sp³-hybridized carbons (Fsp3) is 0.533. The van der Waals surface area contributed by atoms with Crippen molar-refractivity contribution in [2.75, 3.05) is 6.54 Å². The predicted molar refractivity (Wildman–Crippen MR) is 81.7 cm³/mol. The summed E-state index contributed by atoms with van der Waals surface area (Å²) in [5, 5.41) is 3.58. The maximum atomic E-state index is 4.52. The van der Waals surface area contributed by atoms with Gasteiger partial charge in [0.1, 0.15) is 5.82 Å². The van der Waals surface area contributed by atoms with Gasteiger partial charge in [0.05, 0.1) is 0 Å². The molecule has 1 N–H and O–H groups in total. The van der Waals surface area contributed by atoms with E-state index >= 15 is 0 Å². The molecule has 1 unspecified atom stereocenters. The van der Waals surface area contributed by atoms with Gasteiger partial charge >= 0.3 is 0 Å². The molecular weight excluding hydrogens is 254 g/mol. The Labute approximate surface area is 119 Å². The first-order valence-corrected chi connectivity index (χ1v) is 7.86. The minimum atomic E-state index is 0.377. The van der Waals surface area contributed by atoms with E-state index in [0.717, 1.165) is 25.9 Å². The Morgan fingerprint density at radius 2 is 2.21 bits per heavy atom. The summed E-state index contributed by atoms with van der Waals surface area (Å²) < 4.78 is 2.27. The highest BCUT2D eigenvalue weighted by Crippen LogP contribution is 2.25. The van der Waals surface area contributed by atoms with E-state index in [1.165, 1.54) is 15.6 Å². The molecule has 0 radical (unpaired) electrons. The zero-order valence-corrected chi connectivity index (χ0v) is 12.8. The van der Waals surface area contributed by atoms with Gasteiger partial charge in [-0.15, -0.1) is 11.3 Å². The summed E-state index contributed by atoms with van der Waals surface area (Å²) in [6, 6.07) is 4.81. The van der Waals surface area contributed by atoms with Gasteiger partial charge in [-0.25, -0.2) is 4.98 Å². The van der Waals surface area contributed by atoms with Crippen molar-refractivity contribution in [1.82, 2.24) is 14.9 Å². The molecule has 1 atom stereocenters. The number of rotatable bonds is 7. The molecule has 0 spiro atoms. The summed E-state index contributed by atoms with van der Waals surface area (Å²) in [5.74, 6) is 1.18. The van der Waals surface area contributed by atoms with Gasteiger partial charge in [-0.05, 0) is 32.0 Å². The normalized spacial score (nSPS) is 12.8. The fourth-order valence-electron chi connectivity index (χ4n) is 2.32. The molecule has 0 fully saturated rings. The Hall–Kier alpha value is -1.13. The standard InChI is InChI=1S/C15H23N3S/c1-4-9-18-10-8-17-15(18)11-13(16-5-2)14-7-6-12(3)19-14/h6-8,10,13,16H,4-5,9,11H2,1-3H3. The van der Waals surface area contributed by atoms with E-state index in [-0.39, 0.29) is 0 Å². The Balaban J connectivity index is 2.14. The zero-order valence-electron chi connectivity index (χ0n) is 12.0. The molecule has 4 heteroatoms. The van der Waals surface area contributed by atoms with E-state index < -0.39 is 0 Å². The predicted octanol–water partition coefficient (Wildman–Crippen LogP) is 3.56. The maximum Gasteiger partial charge on any atom is 0.110 e. The second-order valence-electron chi connectivity index (χ2n) is 4.80. The van der Waals surface area contributed by atoms with Crippen LogP contribution in [-0.2, 0) is 13.0 Å². The average Bonchev–Trinajstić information content (AvgIpc) is 2.99. The van der Waals surface area contributed by atoms with Crippen molar-refractivity contribution < 1.29 is 0 Å². The van der Waals surface area contributed by atoms with Crippen molar-refractivity contribution in [2.45, 2.75) is 46.2 Å². The van der Waals surface area contributed by atoms with Crippen LogP contribution in [0.1, 0.15) is 41.9 Å². The number of aromatic nitrogens is 2. The van der Waals surface area contributed by atoms with E-state index in [1.54, 1.807) is 0 Å². The summed E-state index contributed by atoms with van der Waals surface area (Å²) in [4.78, 5) is 7.29. The summed E-state index contributed by atoms with van der Waals surface area (Å²) in [5.41, 5.74) is 0. The second kappa shape index (κ2) is 6.87. The summed E-state index contributed by atoms with van der Waals surface area (Å²) in [6.07, 6.45) is 6.10. The third-order valence-corrected chi connectivity index (χ3v) is 4.32. The van der Waals surface area contributed by atoms with Crippen LogP contribution in [0.15, 0.2) is 24.5 Å². The van der Waals surface area contributed by atoms with E-state index in [9.17, 15) is 0 Å². The first-order valence-electron chi connectivity index (χ1n) is 7.04. The molecular formula is C15H23N3S. The Morgan fingerprint density at radius 1 is 1.37 bits per heavy atom. The van der Waals surface area contributed by atoms with Crippen LogP contribution in [0.3, 0.4) is 0 Å². The average molecular weight is 277 g/mol. The molecule has 0 aromatic carbocycles. The number of aryl methyl sites for hydroxylation is 2. The fourth-order valence-corrected chi connectivity index (χ4v) is 3.27. The van der Waals surface area contributed by atoms with Crippen molar-refractivity contribution in [3.63, 3.8) is 0 Å². The summed E-state index contributed by atoms with van der Waals surface area (Å²) >= 11 is 1.88. The van der Waals surface area contributed by atoms with E-state index in [4.69, 9.17) is 0 Å². The van der Waals surface area contributed by atoms with Crippen molar-refractivity contribution >= 4 is 11.3 Å². The highest BCUT2D eigenvalue weighted by molar-refractivity contribution is 7.12. The van der Waals surface area contributed by atoms with Gasteiger partial charge in [0.15, 0.2) is 0 Å². The molecule has 3 nitrogen and oxygen atoms in total.